The first-order valence-corrected chi connectivity index (χ1v) is 5.61. The van der Waals surface area contributed by atoms with E-state index in [1.165, 1.54) is 0 Å². The number of aromatic nitrogens is 3. The van der Waals surface area contributed by atoms with Gasteiger partial charge in [-0.25, -0.2) is 4.98 Å². The first-order valence-electron chi connectivity index (χ1n) is 5.61. The summed E-state index contributed by atoms with van der Waals surface area (Å²) >= 11 is 0. The molecule has 1 N–H and O–H groups in total. The molecule has 5 heteroatoms. The molecule has 90 valence electrons. The zero-order valence-electron chi connectivity index (χ0n) is 10.1. The molecule has 0 aliphatic heterocycles. The van der Waals surface area contributed by atoms with Gasteiger partial charge in [0.1, 0.15) is 5.82 Å². The highest BCUT2D eigenvalue weighted by molar-refractivity contribution is 5.40. The lowest BCUT2D eigenvalue weighted by Crippen LogP contribution is -2.18. The highest BCUT2D eigenvalue weighted by Crippen LogP contribution is 2.05. The van der Waals surface area contributed by atoms with Crippen LogP contribution in [0.4, 0.5) is 5.69 Å². The first-order chi connectivity index (χ1) is 8.20. The minimum atomic E-state index is 0.0232. The SMILES string of the molecule is CCn1cc(NCc2nccn2C)ccc1=O. The molecule has 17 heavy (non-hydrogen) atoms. The Morgan fingerprint density at radius 1 is 1.41 bits per heavy atom. The van der Waals surface area contributed by atoms with Crippen LogP contribution < -0.4 is 10.9 Å². The van der Waals surface area contributed by atoms with Crippen molar-refractivity contribution in [1.29, 1.82) is 0 Å². The standard InChI is InChI=1S/C12H16N4O/c1-3-16-9-10(4-5-12(16)17)14-8-11-13-6-7-15(11)2/h4-7,9,14H,3,8H2,1-2H3. The van der Waals surface area contributed by atoms with Gasteiger partial charge in [0, 0.05) is 38.2 Å². The van der Waals surface area contributed by atoms with Gasteiger partial charge < -0.3 is 14.5 Å². The van der Waals surface area contributed by atoms with E-state index in [1.54, 1.807) is 22.9 Å². The van der Waals surface area contributed by atoms with Crippen LogP contribution in [0.2, 0.25) is 0 Å². The molecule has 0 saturated heterocycles. The van der Waals surface area contributed by atoms with Crippen molar-refractivity contribution in [1.82, 2.24) is 14.1 Å². The lowest BCUT2D eigenvalue weighted by Gasteiger charge is -2.08. The van der Waals surface area contributed by atoms with E-state index in [2.05, 4.69) is 10.3 Å². The number of hydrogen-bond acceptors (Lipinski definition) is 3. The Hall–Kier alpha value is -2.04. The Labute approximate surface area is 99.7 Å². The molecule has 0 spiro atoms. The predicted octanol–water partition coefficient (Wildman–Crippen LogP) is 1.21. The second-order valence-electron chi connectivity index (χ2n) is 3.85. The molecule has 0 aliphatic rings. The summed E-state index contributed by atoms with van der Waals surface area (Å²) in [7, 11) is 1.96. The lowest BCUT2D eigenvalue weighted by molar-refractivity contribution is 0.726. The highest BCUT2D eigenvalue weighted by Gasteiger charge is 2.00. The number of aryl methyl sites for hydroxylation is 2. The summed E-state index contributed by atoms with van der Waals surface area (Å²) in [6.07, 6.45) is 5.50. The molecule has 0 aliphatic carbocycles. The van der Waals surface area contributed by atoms with Crippen LogP contribution in [0.25, 0.3) is 0 Å². The molecule has 0 atom stereocenters. The Bertz CT molecular complexity index is 556. The average molecular weight is 232 g/mol. The summed E-state index contributed by atoms with van der Waals surface area (Å²) in [4.78, 5) is 15.6. The van der Waals surface area contributed by atoms with Gasteiger partial charge in [-0.05, 0) is 13.0 Å². The number of nitrogens with one attached hydrogen (secondary N) is 1. The number of pyridine rings is 1. The van der Waals surface area contributed by atoms with Gasteiger partial charge >= 0.3 is 0 Å². The Morgan fingerprint density at radius 2 is 2.24 bits per heavy atom. The minimum absolute atomic E-state index is 0.0232. The van der Waals surface area contributed by atoms with E-state index in [1.807, 2.05) is 30.9 Å². The van der Waals surface area contributed by atoms with Gasteiger partial charge in [-0.2, -0.15) is 0 Å². The average Bonchev–Trinajstić information content (AvgIpc) is 2.74. The molecule has 0 bridgehead atoms. The molecule has 0 amide bonds. The quantitative estimate of drug-likeness (QED) is 0.862. The van der Waals surface area contributed by atoms with E-state index in [-0.39, 0.29) is 5.56 Å². The maximum absolute atomic E-state index is 11.4. The van der Waals surface area contributed by atoms with Crippen LogP contribution in [-0.4, -0.2) is 14.1 Å². The van der Waals surface area contributed by atoms with Crippen LogP contribution in [-0.2, 0) is 20.1 Å². The fourth-order valence-electron chi connectivity index (χ4n) is 1.63. The summed E-state index contributed by atoms with van der Waals surface area (Å²) in [6, 6.07) is 3.36. The zero-order chi connectivity index (χ0) is 12.3. The summed E-state index contributed by atoms with van der Waals surface area (Å²) < 4.78 is 3.63. The Balaban J connectivity index is 2.09. The van der Waals surface area contributed by atoms with E-state index in [0.29, 0.717) is 13.1 Å². The van der Waals surface area contributed by atoms with Crippen LogP contribution in [0, 0.1) is 0 Å². The minimum Gasteiger partial charge on any atom is -0.377 e. The number of hydrogen-bond donors (Lipinski definition) is 1. The van der Waals surface area contributed by atoms with Gasteiger partial charge in [0.25, 0.3) is 5.56 Å². The van der Waals surface area contributed by atoms with E-state index in [9.17, 15) is 4.79 Å². The molecule has 0 unspecified atom stereocenters. The van der Waals surface area contributed by atoms with Gasteiger partial charge in [-0.3, -0.25) is 4.79 Å². The summed E-state index contributed by atoms with van der Waals surface area (Å²) in [5.74, 6) is 0.958. The summed E-state index contributed by atoms with van der Waals surface area (Å²) in [5.41, 5.74) is 0.949. The van der Waals surface area contributed by atoms with Crippen LogP contribution in [0.1, 0.15) is 12.7 Å². The largest absolute Gasteiger partial charge is 0.377 e. The van der Waals surface area contributed by atoms with E-state index >= 15 is 0 Å². The maximum atomic E-state index is 11.4. The molecule has 0 saturated carbocycles. The Morgan fingerprint density at radius 3 is 2.88 bits per heavy atom. The number of anilines is 1. The highest BCUT2D eigenvalue weighted by atomic mass is 16.1. The smallest absolute Gasteiger partial charge is 0.250 e. The molecule has 2 aromatic heterocycles. The van der Waals surface area contributed by atoms with Crippen molar-refractivity contribution in [3.63, 3.8) is 0 Å². The second kappa shape index (κ2) is 4.86. The van der Waals surface area contributed by atoms with Crippen LogP contribution >= 0.6 is 0 Å². The molecule has 2 rings (SSSR count). The zero-order valence-corrected chi connectivity index (χ0v) is 10.1. The van der Waals surface area contributed by atoms with Crippen molar-refractivity contribution in [3.05, 3.63) is 46.9 Å². The van der Waals surface area contributed by atoms with Crippen molar-refractivity contribution in [3.8, 4) is 0 Å². The third kappa shape index (κ3) is 2.55. The van der Waals surface area contributed by atoms with Crippen LogP contribution in [0.15, 0.2) is 35.5 Å². The molecular formula is C12H16N4O. The number of imidazole rings is 1. The fraction of sp³-hybridized carbons (Fsp3) is 0.333. The normalized spacial score (nSPS) is 10.5. The number of rotatable bonds is 4. The van der Waals surface area contributed by atoms with Gasteiger partial charge in [-0.15, -0.1) is 0 Å². The molecule has 2 heterocycles. The molecule has 0 fully saturated rings. The molecule has 2 aromatic rings. The van der Waals surface area contributed by atoms with Gasteiger partial charge in [0.2, 0.25) is 0 Å². The topological polar surface area (TPSA) is 51.9 Å². The van der Waals surface area contributed by atoms with Crippen LogP contribution in [0.3, 0.4) is 0 Å². The summed E-state index contributed by atoms with van der Waals surface area (Å²) in [6.45, 7) is 3.27. The van der Waals surface area contributed by atoms with Crippen molar-refractivity contribution in [2.24, 2.45) is 7.05 Å². The Kier molecular flexibility index (Phi) is 3.27. The van der Waals surface area contributed by atoms with E-state index in [0.717, 1.165) is 11.5 Å². The van der Waals surface area contributed by atoms with Crippen LogP contribution in [0.5, 0.6) is 0 Å². The molecular weight excluding hydrogens is 216 g/mol. The third-order valence-electron chi connectivity index (χ3n) is 2.70. The van der Waals surface area contributed by atoms with Gasteiger partial charge in [-0.1, -0.05) is 0 Å². The second-order valence-corrected chi connectivity index (χ2v) is 3.85. The monoisotopic (exact) mass is 232 g/mol. The van der Waals surface area contributed by atoms with Gasteiger partial charge in [0.05, 0.1) is 12.2 Å². The van der Waals surface area contributed by atoms with Gasteiger partial charge in [0.15, 0.2) is 0 Å². The first kappa shape index (κ1) is 11.4. The van der Waals surface area contributed by atoms with E-state index < -0.39 is 0 Å². The fourth-order valence-corrected chi connectivity index (χ4v) is 1.63. The number of nitrogens with zero attached hydrogens (tertiary/aromatic N) is 3. The third-order valence-corrected chi connectivity index (χ3v) is 2.70. The lowest BCUT2D eigenvalue weighted by atomic mass is 10.4. The van der Waals surface area contributed by atoms with Crippen molar-refractivity contribution < 1.29 is 0 Å². The molecule has 0 radical (unpaired) electrons. The van der Waals surface area contributed by atoms with Crippen molar-refractivity contribution in [2.45, 2.75) is 20.0 Å². The van der Waals surface area contributed by atoms with Crippen molar-refractivity contribution in [2.75, 3.05) is 5.32 Å². The summed E-state index contributed by atoms with van der Waals surface area (Å²) in [5, 5.41) is 3.25. The predicted molar refractivity (Wildman–Crippen MR) is 66.9 cm³/mol. The molecule has 5 nitrogen and oxygen atoms in total. The maximum Gasteiger partial charge on any atom is 0.250 e. The van der Waals surface area contributed by atoms with E-state index in [4.69, 9.17) is 0 Å². The molecule has 0 aromatic carbocycles. The van der Waals surface area contributed by atoms with Crippen molar-refractivity contribution >= 4 is 5.69 Å².